The summed E-state index contributed by atoms with van der Waals surface area (Å²) in [5.74, 6) is -1.85. The van der Waals surface area contributed by atoms with Crippen LogP contribution in [0.1, 0.15) is 41.0 Å². The molecule has 0 amide bonds. The first-order valence-corrected chi connectivity index (χ1v) is 7.57. The summed E-state index contributed by atoms with van der Waals surface area (Å²) in [5, 5.41) is 0. The zero-order chi connectivity index (χ0) is 15.5. The van der Waals surface area contributed by atoms with Crippen LogP contribution in [0.5, 0.6) is 0 Å². The lowest BCUT2D eigenvalue weighted by Gasteiger charge is -2.24. The van der Waals surface area contributed by atoms with Crippen LogP contribution in [0.25, 0.3) is 0 Å². The van der Waals surface area contributed by atoms with E-state index < -0.39 is 17.9 Å². The van der Waals surface area contributed by atoms with Crippen molar-refractivity contribution in [3.05, 3.63) is 0 Å². The predicted octanol–water partition coefficient (Wildman–Crippen LogP) is 2.10. The summed E-state index contributed by atoms with van der Waals surface area (Å²) in [5.41, 5.74) is 0. The van der Waals surface area contributed by atoms with Crippen molar-refractivity contribution in [1.29, 1.82) is 0 Å². The fraction of sp³-hybridized carbons (Fsp3) is 0.867. The van der Waals surface area contributed by atoms with E-state index in [1.165, 1.54) is 0 Å². The molecule has 0 N–H and O–H groups in total. The van der Waals surface area contributed by atoms with Gasteiger partial charge < -0.3 is 14.4 Å². The van der Waals surface area contributed by atoms with E-state index in [0.29, 0.717) is 0 Å². The van der Waals surface area contributed by atoms with Gasteiger partial charge >= 0.3 is 11.9 Å². The lowest BCUT2D eigenvalue weighted by atomic mass is 9.91. The van der Waals surface area contributed by atoms with E-state index in [0.717, 1.165) is 26.1 Å². The minimum Gasteiger partial charge on any atom is -0.465 e. The molecule has 0 spiro atoms. The molecule has 0 saturated heterocycles. The van der Waals surface area contributed by atoms with Gasteiger partial charge in [0.2, 0.25) is 0 Å². The van der Waals surface area contributed by atoms with Crippen molar-refractivity contribution in [2.24, 2.45) is 11.8 Å². The fourth-order valence-corrected chi connectivity index (χ4v) is 2.12. The van der Waals surface area contributed by atoms with E-state index in [1.54, 1.807) is 13.8 Å². The second-order valence-corrected chi connectivity index (χ2v) is 4.77. The van der Waals surface area contributed by atoms with Gasteiger partial charge in [-0.05, 0) is 45.8 Å². The molecule has 0 saturated carbocycles. The molecule has 0 bridgehead atoms. The van der Waals surface area contributed by atoms with Gasteiger partial charge in [0, 0.05) is 0 Å². The molecule has 5 heteroatoms. The number of hydrogen-bond acceptors (Lipinski definition) is 5. The highest BCUT2D eigenvalue weighted by Gasteiger charge is 2.34. The molecule has 1 atom stereocenters. The zero-order valence-corrected chi connectivity index (χ0v) is 13.5. The van der Waals surface area contributed by atoms with E-state index in [1.807, 2.05) is 6.92 Å². The maximum absolute atomic E-state index is 11.9. The Morgan fingerprint density at radius 2 is 1.40 bits per heavy atom. The van der Waals surface area contributed by atoms with Crippen LogP contribution in [0.4, 0.5) is 0 Å². The largest absolute Gasteiger partial charge is 0.465 e. The number of carbonyl (C=O) groups is 2. The molecule has 0 aliphatic carbocycles. The number of esters is 2. The van der Waals surface area contributed by atoms with Gasteiger partial charge in [-0.15, -0.1) is 0 Å². The maximum atomic E-state index is 11.9. The summed E-state index contributed by atoms with van der Waals surface area (Å²) < 4.78 is 10.00. The first kappa shape index (κ1) is 18.9. The van der Waals surface area contributed by atoms with Gasteiger partial charge in [0.1, 0.15) is 0 Å². The standard InChI is InChI=1S/C15H29NO4/c1-6-16(7-2)11-10-12(5)13(14(17)19-8-3)15(18)20-9-4/h12-13H,6-11H2,1-5H3. The van der Waals surface area contributed by atoms with Crippen molar-refractivity contribution in [3.8, 4) is 0 Å². The van der Waals surface area contributed by atoms with Gasteiger partial charge in [0.05, 0.1) is 13.2 Å². The van der Waals surface area contributed by atoms with Crippen molar-refractivity contribution < 1.29 is 19.1 Å². The second kappa shape index (κ2) is 10.7. The van der Waals surface area contributed by atoms with E-state index in [2.05, 4.69) is 18.7 Å². The summed E-state index contributed by atoms with van der Waals surface area (Å²) in [6.07, 6.45) is 0.768. The Morgan fingerprint density at radius 1 is 0.950 bits per heavy atom. The van der Waals surface area contributed by atoms with Crippen molar-refractivity contribution in [2.75, 3.05) is 32.8 Å². The second-order valence-electron chi connectivity index (χ2n) is 4.77. The highest BCUT2D eigenvalue weighted by Crippen LogP contribution is 2.20. The highest BCUT2D eigenvalue weighted by molar-refractivity contribution is 5.95. The number of ether oxygens (including phenoxy) is 2. The zero-order valence-electron chi connectivity index (χ0n) is 13.5. The van der Waals surface area contributed by atoms with Crippen LogP contribution in [0.15, 0.2) is 0 Å². The van der Waals surface area contributed by atoms with Crippen LogP contribution < -0.4 is 0 Å². The van der Waals surface area contributed by atoms with Crippen LogP contribution in [0, 0.1) is 11.8 Å². The maximum Gasteiger partial charge on any atom is 0.320 e. The number of carbonyl (C=O) groups excluding carboxylic acids is 2. The molecule has 1 unspecified atom stereocenters. The molecule has 0 fully saturated rings. The van der Waals surface area contributed by atoms with Gasteiger partial charge in [-0.2, -0.15) is 0 Å². The third-order valence-corrected chi connectivity index (χ3v) is 3.45. The molecule has 0 radical (unpaired) electrons. The first-order valence-electron chi connectivity index (χ1n) is 7.57. The Bertz CT molecular complexity index is 272. The smallest absolute Gasteiger partial charge is 0.320 e. The van der Waals surface area contributed by atoms with Crippen molar-refractivity contribution >= 4 is 11.9 Å². The monoisotopic (exact) mass is 287 g/mol. The molecule has 118 valence electrons. The van der Waals surface area contributed by atoms with Crippen LogP contribution in [0.3, 0.4) is 0 Å². The van der Waals surface area contributed by atoms with Crippen LogP contribution in [-0.4, -0.2) is 49.7 Å². The summed E-state index contributed by atoms with van der Waals surface area (Å²) in [7, 11) is 0. The molecule has 0 aromatic rings. The molecule has 0 aromatic carbocycles. The highest BCUT2D eigenvalue weighted by atomic mass is 16.6. The third kappa shape index (κ3) is 6.37. The van der Waals surface area contributed by atoms with Crippen LogP contribution >= 0.6 is 0 Å². The third-order valence-electron chi connectivity index (χ3n) is 3.45. The molecule has 0 aromatic heterocycles. The van der Waals surface area contributed by atoms with Crippen molar-refractivity contribution in [3.63, 3.8) is 0 Å². The first-order chi connectivity index (χ1) is 9.51. The molecule has 20 heavy (non-hydrogen) atoms. The normalized spacial score (nSPS) is 12.6. The number of rotatable bonds is 10. The van der Waals surface area contributed by atoms with Gasteiger partial charge in [-0.1, -0.05) is 20.8 Å². The Hall–Kier alpha value is -1.10. The average Bonchev–Trinajstić information content (AvgIpc) is 2.40. The van der Waals surface area contributed by atoms with Gasteiger partial charge in [0.25, 0.3) is 0 Å². The molecular weight excluding hydrogens is 258 g/mol. The summed E-state index contributed by atoms with van der Waals surface area (Å²) >= 11 is 0. The number of nitrogens with zero attached hydrogens (tertiary/aromatic N) is 1. The minimum atomic E-state index is -0.814. The quantitative estimate of drug-likeness (QED) is 0.455. The molecule has 0 rings (SSSR count). The Morgan fingerprint density at radius 3 is 1.75 bits per heavy atom. The van der Waals surface area contributed by atoms with Crippen LogP contribution in [-0.2, 0) is 19.1 Å². The molecule has 0 aliphatic rings. The van der Waals surface area contributed by atoms with Gasteiger partial charge in [-0.3, -0.25) is 9.59 Å². The van der Waals surface area contributed by atoms with E-state index >= 15 is 0 Å². The molecule has 0 aliphatic heterocycles. The Labute approximate surface area is 122 Å². The van der Waals surface area contributed by atoms with Crippen molar-refractivity contribution in [1.82, 2.24) is 4.90 Å². The van der Waals surface area contributed by atoms with Gasteiger partial charge in [-0.25, -0.2) is 0 Å². The summed E-state index contributed by atoms with van der Waals surface area (Å²) in [6, 6.07) is 0. The Kier molecular flexibility index (Phi) is 10.1. The van der Waals surface area contributed by atoms with E-state index in [4.69, 9.17) is 9.47 Å². The SMILES string of the molecule is CCOC(=O)C(C(=O)OCC)C(C)CCN(CC)CC. The molecule has 0 heterocycles. The summed E-state index contributed by atoms with van der Waals surface area (Å²) in [4.78, 5) is 26.2. The van der Waals surface area contributed by atoms with E-state index in [-0.39, 0.29) is 19.1 Å². The predicted molar refractivity (Wildman–Crippen MR) is 78.3 cm³/mol. The lowest BCUT2D eigenvalue weighted by molar-refractivity contribution is -0.164. The van der Waals surface area contributed by atoms with Crippen LogP contribution in [0.2, 0.25) is 0 Å². The lowest BCUT2D eigenvalue weighted by Crippen LogP contribution is -2.35. The average molecular weight is 287 g/mol. The minimum absolute atomic E-state index is 0.0892. The van der Waals surface area contributed by atoms with Crippen molar-refractivity contribution in [2.45, 2.75) is 41.0 Å². The van der Waals surface area contributed by atoms with E-state index in [9.17, 15) is 9.59 Å². The molecular formula is C15H29NO4. The fourth-order valence-electron chi connectivity index (χ4n) is 2.12. The topological polar surface area (TPSA) is 55.8 Å². The summed E-state index contributed by atoms with van der Waals surface area (Å²) in [6.45, 7) is 12.9. The molecule has 5 nitrogen and oxygen atoms in total. The van der Waals surface area contributed by atoms with Gasteiger partial charge in [0.15, 0.2) is 5.92 Å². The Balaban J connectivity index is 4.66. The number of hydrogen-bond donors (Lipinski definition) is 0.